The van der Waals surface area contributed by atoms with Gasteiger partial charge in [0.05, 0.1) is 11.1 Å². The van der Waals surface area contributed by atoms with E-state index in [0.717, 1.165) is 5.56 Å². The number of rotatable bonds is 4. The predicted molar refractivity (Wildman–Crippen MR) is 103 cm³/mol. The number of fused-ring (bicyclic) bond motifs is 1. The summed E-state index contributed by atoms with van der Waals surface area (Å²) in [4.78, 5) is 28.5. The summed E-state index contributed by atoms with van der Waals surface area (Å²) in [7, 11) is 0. The Labute approximate surface area is 160 Å². The van der Waals surface area contributed by atoms with Crippen LogP contribution in [0.1, 0.15) is 28.9 Å². The normalized spacial score (nSPS) is 15.5. The third-order valence-corrected chi connectivity index (χ3v) is 4.54. The largest absolute Gasteiger partial charge is 0.478 e. The van der Waals surface area contributed by atoms with E-state index in [1.807, 2.05) is 30.3 Å². The number of allylic oxidation sites excluding steroid dienone is 1. The van der Waals surface area contributed by atoms with E-state index in [1.165, 1.54) is 18.5 Å². The molecule has 0 saturated carbocycles. The standard InChI is InChI=1S/C20H17N5O3/c1-12-16(18(26)24-15-5-3-2-4-6-15)17(25-20(23-12)21-11-22-25)13-7-9-14(10-8-13)19(27)28/h2-11,17H,1H3,(H,24,26)(H,27,28)(H,21,22,23)/t17-/m0/s1. The molecule has 1 aliphatic heterocycles. The van der Waals surface area contributed by atoms with Crippen LogP contribution in [0.15, 0.2) is 72.2 Å². The number of benzene rings is 2. The first kappa shape index (κ1) is 17.5. The minimum absolute atomic E-state index is 0.174. The molecule has 8 nitrogen and oxygen atoms in total. The minimum Gasteiger partial charge on any atom is -0.478 e. The molecular weight excluding hydrogens is 358 g/mol. The second-order valence-electron chi connectivity index (χ2n) is 6.34. The van der Waals surface area contributed by atoms with Gasteiger partial charge in [0, 0.05) is 11.4 Å². The number of aromatic carboxylic acids is 1. The summed E-state index contributed by atoms with van der Waals surface area (Å²) in [5.74, 6) is -0.766. The maximum Gasteiger partial charge on any atom is 0.335 e. The summed E-state index contributed by atoms with van der Waals surface area (Å²) in [6, 6.07) is 15.0. The van der Waals surface area contributed by atoms with Gasteiger partial charge in [-0.1, -0.05) is 30.3 Å². The number of nitrogens with zero attached hydrogens (tertiary/aromatic N) is 3. The molecule has 0 unspecified atom stereocenters. The summed E-state index contributed by atoms with van der Waals surface area (Å²) < 4.78 is 1.61. The molecule has 1 aliphatic rings. The number of nitrogens with one attached hydrogen (secondary N) is 2. The van der Waals surface area contributed by atoms with Gasteiger partial charge in [-0.25, -0.2) is 9.48 Å². The van der Waals surface area contributed by atoms with Gasteiger partial charge in [-0.15, -0.1) is 0 Å². The van der Waals surface area contributed by atoms with E-state index in [0.29, 0.717) is 22.9 Å². The number of aromatic nitrogens is 3. The molecule has 1 amide bonds. The van der Waals surface area contributed by atoms with Crippen molar-refractivity contribution in [1.29, 1.82) is 0 Å². The van der Waals surface area contributed by atoms with Gasteiger partial charge in [-0.2, -0.15) is 10.1 Å². The van der Waals surface area contributed by atoms with E-state index >= 15 is 0 Å². The molecular formula is C20H17N5O3. The number of amides is 1. The van der Waals surface area contributed by atoms with Crippen molar-refractivity contribution in [2.45, 2.75) is 13.0 Å². The average Bonchev–Trinajstić information content (AvgIpc) is 3.15. The Morgan fingerprint density at radius 1 is 1.11 bits per heavy atom. The molecule has 0 spiro atoms. The monoisotopic (exact) mass is 375 g/mol. The molecule has 3 aromatic rings. The van der Waals surface area contributed by atoms with Crippen LogP contribution in [-0.4, -0.2) is 31.7 Å². The summed E-state index contributed by atoms with van der Waals surface area (Å²) in [5, 5.41) is 19.4. The lowest BCUT2D eigenvalue weighted by Crippen LogP contribution is -2.31. The fourth-order valence-electron chi connectivity index (χ4n) is 3.22. The molecule has 8 heteroatoms. The minimum atomic E-state index is -1.01. The molecule has 0 fully saturated rings. The van der Waals surface area contributed by atoms with Crippen LogP contribution in [0.3, 0.4) is 0 Å². The zero-order valence-corrected chi connectivity index (χ0v) is 15.0. The van der Waals surface area contributed by atoms with E-state index in [9.17, 15) is 9.59 Å². The molecule has 4 rings (SSSR count). The highest BCUT2D eigenvalue weighted by atomic mass is 16.4. The number of hydrogen-bond acceptors (Lipinski definition) is 5. The van der Waals surface area contributed by atoms with E-state index in [4.69, 9.17) is 5.11 Å². The Morgan fingerprint density at radius 2 is 1.82 bits per heavy atom. The van der Waals surface area contributed by atoms with E-state index in [2.05, 4.69) is 20.7 Å². The Hall–Kier alpha value is -3.94. The third kappa shape index (κ3) is 3.11. The summed E-state index contributed by atoms with van der Waals surface area (Å²) >= 11 is 0. The number of para-hydroxylation sites is 1. The zero-order valence-electron chi connectivity index (χ0n) is 15.0. The Balaban J connectivity index is 1.76. The number of hydrogen-bond donors (Lipinski definition) is 3. The molecule has 0 aliphatic carbocycles. The van der Waals surface area contributed by atoms with Crippen LogP contribution >= 0.6 is 0 Å². The van der Waals surface area contributed by atoms with Crippen molar-refractivity contribution in [3.05, 3.63) is 83.3 Å². The van der Waals surface area contributed by atoms with Crippen LogP contribution in [0.4, 0.5) is 11.6 Å². The van der Waals surface area contributed by atoms with E-state index < -0.39 is 12.0 Å². The lowest BCUT2D eigenvalue weighted by atomic mass is 9.94. The number of carboxylic acids is 1. The molecule has 0 saturated heterocycles. The fraction of sp³-hybridized carbons (Fsp3) is 0.100. The third-order valence-electron chi connectivity index (χ3n) is 4.54. The van der Waals surface area contributed by atoms with Crippen molar-refractivity contribution < 1.29 is 14.7 Å². The van der Waals surface area contributed by atoms with Gasteiger partial charge in [-0.05, 0) is 36.8 Å². The lowest BCUT2D eigenvalue weighted by Gasteiger charge is -2.28. The molecule has 0 radical (unpaired) electrons. The van der Waals surface area contributed by atoms with Gasteiger partial charge in [0.2, 0.25) is 5.95 Å². The van der Waals surface area contributed by atoms with Crippen molar-refractivity contribution in [2.24, 2.45) is 0 Å². The van der Waals surface area contributed by atoms with Gasteiger partial charge in [0.15, 0.2) is 0 Å². The van der Waals surface area contributed by atoms with Crippen molar-refractivity contribution in [3.8, 4) is 0 Å². The van der Waals surface area contributed by atoms with Gasteiger partial charge >= 0.3 is 5.97 Å². The molecule has 1 aromatic heterocycles. The lowest BCUT2D eigenvalue weighted by molar-refractivity contribution is -0.113. The second-order valence-corrected chi connectivity index (χ2v) is 6.34. The highest BCUT2D eigenvalue weighted by Gasteiger charge is 2.33. The van der Waals surface area contributed by atoms with Gasteiger partial charge in [0.1, 0.15) is 12.4 Å². The molecule has 28 heavy (non-hydrogen) atoms. The highest BCUT2D eigenvalue weighted by molar-refractivity contribution is 6.06. The topological polar surface area (TPSA) is 109 Å². The van der Waals surface area contributed by atoms with Gasteiger partial charge in [0.25, 0.3) is 5.91 Å². The molecule has 2 heterocycles. The van der Waals surface area contributed by atoms with Crippen molar-refractivity contribution in [1.82, 2.24) is 14.8 Å². The first-order valence-electron chi connectivity index (χ1n) is 8.61. The van der Waals surface area contributed by atoms with Crippen LogP contribution in [0, 0.1) is 0 Å². The van der Waals surface area contributed by atoms with Crippen LogP contribution in [0.25, 0.3) is 0 Å². The number of carbonyl (C=O) groups excluding carboxylic acids is 1. The van der Waals surface area contributed by atoms with Gasteiger partial charge in [-0.3, -0.25) is 4.79 Å². The molecule has 140 valence electrons. The number of carboxylic acid groups (broad SMARTS) is 1. The van der Waals surface area contributed by atoms with Crippen molar-refractivity contribution in [3.63, 3.8) is 0 Å². The first-order valence-corrected chi connectivity index (χ1v) is 8.61. The Bertz CT molecular complexity index is 1070. The number of anilines is 2. The van der Waals surface area contributed by atoms with Crippen LogP contribution in [0.2, 0.25) is 0 Å². The summed E-state index contributed by atoms with van der Waals surface area (Å²) in [6.07, 6.45) is 1.41. The summed E-state index contributed by atoms with van der Waals surface area (Å²) in [6.45, 7) is 1.80. The van der Waals surface area contributed by atoms with Gasteiger partial charge < -0.3 is 15.7 Å². The molecule has 2 aromatic carbocycles. The maximum atomic E-state index is 13.1. The van der Waals surface area contributed by atoms with Crippen LogP contribution < -0.4 is 10.6 Å². The smallest absolute Gasteiger partial charge is 0.335 e. The first-order chi connectivity index (χ1) is 13.5. The number of carbonyl (C=O) groups is 2. The fourth-order valence-corrected chi connectivity index (χ4v) is 3.22. The highest BCUT2D eigenvalue weighted by Crippen LogP contribution is 2.35. The average molecular weight is 375 g/mol. The van der Waals surface area contributed by atoms with Crippen LogP contribution in [-0.2, 0) is 4.79 Å². The zero-order chi connectivity index (χ0) is 19.7. The van der Waals surface area contributed by atoms with Crippen molar-refractivity contribution >= 4 is 23.5 Å². The Kier molecular flexibility index (Phi) is 4.36. The van der Waals surface area contributed by atoms with E-state index in [1.54, 1.807) is 23.7 Å². The predicted octanol–water partition coefficient (Wildman–Crippen LogP) is 2.90. The maximum absolute atomic E-state index is 13.1. The molecule has 0 bridgehead atoms. The summed E-state index contributed by atoms with van der Waals surface area (Å²) in [5.41, 5.74) is 2.71. The molecule has 3 N–H and O–H groups in total. The molecule has 1 atom stereocenters. The quantitative estimate of drug-likeness (QED) is 0.647. The van der Waals surface area contributed by atoms with Crippen molar-refractivity contribution in [2.75, 3.05) is 10.6 Å². The second kappa shape index (κ2) is 6.99. The Morgan fingerprint density at radius 3 is 2.50 bits per heavy atom. The van der Waals surface area contributed by atoms with E-state index in [-0.39, 0.29) is 11.5 Å². The van der Waals surface area contributed by atoms with Crippen LogP contribution in [0.5, 0.6) is 0 Å². The SMILES string of the molecule is CC1=C(C(=O)Nc2ccccc2)[C@H](c2ccc(C(=O)O)cc2)n2ncnc2N1.